The van der Waals surface area contributed by atoms with Gasteiger partial charge in [-0.1, -0.05) is 76.2 Å². The first-order valence-corrected chi connectivity index (χ1v) is 14.4. The lowest BCUT2D eigenvalue weighted by atomic mass is 9.78. The average Bonchev–Trinajstić information content (AvgIpc) is 3.00. The number of rotatable bonds is 11. The number of hydrogen-bond acceptors (Lipinski definition) is 7. The molecule has 0 atom stereocenters. The number of carbonyl (C=O) groups is 3. The molecule has 0 radical (unpaired) electrons. The highest BCUT2D eigenvalue weighted by atomic mass is 16.5. The van der Waals surface area contributed by atoms with Gasteiger partial charge in [-0.05, 0) is 70.8 Å². The predicted molar refractivity (Wildman–Crippen MR) is 168 cm³/mol. The topological polar surface area (TPSA) is 88.1 Å². The molecular formula is C37H38O7. The number of ether oxygens (including phenoxy) is 4. The van der Waals surface area contributed by atoms with Crippen LogP contribution in [0.1, 0.15) is 69.7 Å². The van der Waals surface area contributed by atoms with E-state index in [0.29, 0.717) is 17.2 Å². The molecule has 4 aromatic rings. The molecule has 228 valence electrons. The summed E-state index contributed by atoms with van der Waals surface area (Å²) >= 11 is 0. The molecular weight excluding hydrogens is 556 g/mol. The molecule has 0 bridgehead atoms. The second kappa shape index (κ2) is 13.6. The summed E-state index contributed by atoms with van der Waals surface area (Å²) in [6.07, 6.45) is -0.213. The summed E-state index contributed by atoms with van der Waals surface area (Å²) in [5.74, 6) is 0.698. The third-order valence-electron chi connectivity index (χ3n) is 7.80. The zero-order chi connectivity index (χ0) is 31.9. The van der Waals surface area contributed by atoms with Gasteiger partial charge in [0.15, 0.2) is 0 Å². The van der Waals surface area contributed by atoms with Crippen LogP contribution in [0.5, 0.6) is 23.0 Å². The summed E-state index contributed by atoms with van der Waals surface area (Å²) in [6.45, 7) is 9.78. The maximum absolute atomic E-state index is 12.4. The number of hydrogen-bond donors (Lipinski definition) is 0. The van der Waals surface area contributed by atoms with Crippen molar-refractivity contribution >= 4 is 17.9 Å². The molecule has 0 aliphatic rings. The van der Waals surface area contributed by atoms with Crippen molar-refractivity contribution in [3.63, 3.8) is 0 Å². The minimum Gasteiger partial charge on any atom is -0.497 e. The summed E-state index contributed by atoms with van der Waals surface area (Å²) in [5.41, 5.74) is 3.64. The minimum atomic E-state index is -0.522. The van der Waals surface area contributed by atoms with E-state index in [9.17, 15) is 14.4 Å². The fourth-order valence-corrected chi connectivity index (χ4v) is 4.89. The summed E-state index contributed by atoms with van der Waals surface area (Å²) in [7, 11) is 1.64. The van der Waals surface area contributed by atoms with Gasteiger partial charge < -0.3 is 18.9 Å². The smallest absolute Gasteiger partial charge is 0.311 e. The molecule has 0 heterocycles. The van der Waals surface area contributed by atoms with Crippen LogP contribution < -0.4 is 18.9 Å². The van der Waals surface area contributed by atoms with Gasteiger partial charge in [0.05, 0.1) is 20.0 Å². The van der Waals surface area contributed by atoms with Crippen molar-refractivity contribution in [3.8, 4) is 23.0 Å². The lowest BCUT2D eigenvalue weighted by Crippen LogP contribution is -2.19. The number of benzene rings is 4. The van der Waals surface area contributed by atoms with Crippen LogP contribution in [0.3, 0.4) is 0 Å². The van der Waals surface area contributed by atoms with Crippen molar-refractivity contribution in [2.75, 3.05) is 7.11 Å². The Bertz CT molecular complexity index is 1580. The Morgan fingerprint density at radius 3 is 1.02 bits per heavy atom. The summed E-state index contributed by atoms with van der Waals surface area (Å²) < 4.78 is 21.3. The van der Waals surface area contributed by atoms with E-state index in [0.717, 1.165) is 28.0 Å². The van der Waals surface area contributed by atoms with E-state index >= 15 is 0 Å². The summed E-state index contributed by atoms with van der Waals surface area (Å²) in [4.78, 5) is 36.0. The third kappa shape index (κ3) is 7.92. The maximum atomic E-state index is 12.4. The molecule has 0 aliphatic heterocycles. The molecule has 4 aromatic carbocycles. The predicted octanol–water partition coefficient (Wildman–Crippen LogP) is 7.56. The first-order chi connectivity index (χ1) is 20.9. The van der Waals surface area contributed by atoms with Crippen LogP contribution in [0, 0.1) is 0 Å². The van der Waals surface area contributed by atoms with Crippen LogP contribution in [0.2, 0.25) is 0 Å². The van der Waals surface area contributed by atoms with Crippen LogP contribution in [0.25, 0.3) is 0 Å². The van der Waals surface area contributed by atoms with E-state index in [4.69, 9.17) is 18.9 Å². The SMILES string of the molecule is COc1ccc(C(C)(C)c2ccc(OC(=O)CCC(=O)Oc3ccc(C(C)(C)c4ccc(OC(C)=O)cc4)cc3)cc2)cc1. The van der Waals surface area contributed by atoms with Crippen LogP contribution in [-0.4, -0.2) is 25.0 Å². The van der Waals surface area contributed by atoms with E-state index in [2.05, 4.69) is 27.7 Å². The molecule has 0 saturated carbocycles. The van der Waals surface area contributed by atoms with Gasteiger partial charge in [0.1, 0.15) is 23.0 Å². The second-order valence-electron chi connectivity index (χ2n) is 11.6. The Hall–Kier alpha value is -4.91. The first-order valence-electron chi connectivity index (χ1n) is 14.4. The molecule has 4 rings (SSSR count). The number of esters is 3. The first kappa shape index (κ1) is 32.0. The highest BCUT2D eigenvalue weighted by molar-refractivity contribution is 5.80. The van der Waals surface area contributed by atoms with Gasteiger partial charge in [-0.3, -0.25) is 14.4 Å². The number of carbonyl (C=O) groups excluding carboxylic acids is 3. The van der Waals surface area contributed by atoms with E-state index in [1.54, 1.807) is 43.5 Å². The molecule has 7 heteroatoms. The maximum Gasteiger partial charge on any atom is 0.311 e. The van der Waals surface area contributed by atoms with Crippen molar-refractivity contribution < 1.29 is 33.3 Å². The fourth-order valence-electron chi connectivity index (χ4n) is 4.89. The molecule has 0 fully saturated rings. The molecule has 0 unspecified atom stereocenters. The van der Waals surface area contributed by atoms with E-state index < -0.39 is 11.9 Å². The normalized spacial score (nSPS) is 11.4. The molecule has 0 N–H and O–H groups in total. The van der Waals surface area contributed by atoms with Gasteiger partial charge in [0.2, 0.25) is 0 Å². The van der Waals surface area contributed by atoms with Crippen molar-refractivity contribution in [1.29, 1.82) is 0 Å². The monoisotopic (exact) mass is 594 g/mol. The molecule has 44 heavy (non-hydrogen) atoms. The Balaban J connectivity index is 1.27. The standard InChI is InChI=1S/C37H38O7/c1-25(38)42-31-17-9-27(10-18-31)37(4,5)29-13-21-33(22-14-29)44-35(40)24-23-34(39)43-32-19-11-28(12-20-32)36(2,3)26-7-15-30(41-6)16-8-26/h7-22H,23-24H2,1-6H3. The van der Waals surface area contributed by atoms with Gasteiger partial charge in [-0.2, -0.15) is 0 Å². The number of methoxy groups -OCH3 is 1. The summed E-state index contributed by atoms with van der Waals surface area (Å²) in [6, 6.07) is 30.0. The Morgan fingerprint density at radius 2 is 0.750 bits per heavy atom. The lowest BCUT2D eigenvalue weighted by Gasteiger charge is -2.26. The van der Waals surface area contributed by atoms with Gasteiger partial charge in [-0.25, -0.2) is 0 Å². The van der Waals surface area contributed by atoms with E-state index in [1.807, 2.05) is 60.7 Å². The Morgan fingerprint density at radius 1 is 0.477 bits per heavy atom. The molecule has 7 nitrogen and oxygen atoms in total. The second-order valence-corrected chi connectivity index (χ2v) is 11.6. The zero-order valence-corrected chi connectivity index (χ0v) is 26.0. The Labute approximate surface area is 258 Å². The Kier molecular flexibility index (Phi) is 9.89. The molecule has 0 aliphatic carbocycles. The molecule has 0 saturated heterocycles. The van der Waals surface area contributed by atoms with Crippen LogP contribution in [0.15, 0.2) is 97.1 Å². The van der Waals surface area contributed by atoms with Gasteiger partial charge in [-0.15, -0.1) is 0 Å². The lowest BCUT2D eigenvalue weighted by molar-refractivity contribution is -0.140. The van der Waals surface area contributed by atoms with Crippen LogP contribution in [0.4, 0.5) is 0 Å². The van der Waals surface area contributed by atoms with E-state index in [-0.39, 0.29) is 29.6 Å². The highest BCUT2D eigenvalue weighted by Crippen LogP contribution is 2.34. The highest BCUT2D eigenvalue weighted by Gasteiger charge is 2.25. The molecule has 0 aromatic heterocycles. The van der Waals surface area contributed by atoms with Crippen molar-refractivity contribution in [3.05, 3.63) is 119 Å². The van der Waals surface area contributed by atoms with Gasteiger partial charge >= 0.3 is 17.9 Å². The van der Waals surface area contributed by atoms with Crippen LogP contribution >= 0.6 is 0 Å². The summed E-state index contributed by atoms with van der Waals surface area (Å²) in [5, 5.41) is 0. The van der Waals surface area contributed by atoms with Crippen molar-refractivity contribution in [2.45, 2.75) is 58.3 Å². The average molecular weight is 595 g/mol. The van der Waals surface area contributed by atoms with E-state index in [1.165, 1.54) is 6.92 Å². The quantitative estimate of drug-likeness (QED) is 0.131. The largest absolute Gasteiger partial charge is 0.497 e. The van der Waals surface area contributed by atoms with Crippen LogP contribution in [-0.2, 0) is 25.2 Å². The third-order valence-corrected chi connectivity index (χ3v) is 7.80. The fraction of sp³-hybridized carbons (Fsp3) is 0.270. The van der Waals surface area contributed by atoms with Gasteiger partial charge in [0.25, 0.3) is 0 Å². The zero-order valence-electron chi connectivity index (χ0n) is 26.0. The molecule has 0 amide bonds. The van der Waals surface area contributed by atoms with Crippen molar-refractivity contribution in [1.82, 2.24) is 0 Å². The van der Waals surface area contributed by atoms with Crippen molar-refractivity contribution in [2.24, 2.45) is 0 Å². The molecule has 0 spiro atoms. The minimum absolute atomic E-state index is 0.105. The van der Waals surface area contributed by atoms with Gasteiger partial charge in [0, 0.05) is 17.8 Å².